The Morgan fingerprint density at radius 1 is 1.44 bits per heavy atom. The van der Waals surface area contributed by atoms with Gasteiger partial charge in [-0.25, -0.2) is 0 Å². The van der Waals surface area contributed by atoms with Crippen molar-refractivity contribution in [3.05, 3.63) is 34.9 Å². The second kappa shape index (κ2) is 7.00. The van der Waals surface area contributed by atoms with Crippen molar-refractivity contribution in [2.24, 2.45) is 0 Å². The molecule has 18 heavy (non-hydrogen) atoms. The summed E-state index contributed by atoms with van der Waals surface area (Å²) in [7, 11) is 0. The Hall–Kier alpha value is -1.57. The van der Waals surface area contributed by atoms with E-state index in [0.717, 1.165) is 5.56 Å². The molecule has 0 saturated carbocycles. The minimum Gasteiger partial charge on any atom is -0.353 e. The number of nitrogens with zero attached hydrogens (tertiary/aromatic N) is 1. The minimum absolute atomic E-state index is 0.0225. The fourth-order valence-corrected chi connectivity index (χ4v) is 1.71. The van der Waals surface area contributed by atoms with Crippen molar-refractivity contribution in [2.75, 3.05) is 6.54 Å². The zero-order valence-electron chi connectivity index (χ0n) is 10.4. The second-order valence-electron chi connectivity index (χ2n) is 4.12. The average molecular weight is 266 g/mol. The summed E-state index contributed by atoms with van der Waals surface area (Å²) >= 11 is 5.79. The average Bonchev–Trinajstić information content (AvgIpc) is 2.31. The van der Waals surface area contributed by atoms with E-state index in [2.05, 4.69) is 16.7 Å². The molecule has 0 radical (unpaired) electrons. The number of hydrogen-bond acceptors (Lipinski definition) is 3. The number of halogens is 1. The summed E-state index contributed by atoms with van der Waals surface area (Å²) in [5.74, 6) is -0.0794. The molecule has 0 heterocycles. The van der Waals surface area contributed by atoms with E-state index in [4.69, 9.17) is 16.9 Å². The molecule has 1 aromatic rings. The Kier molecular flexibility index (Phi) is 5.63. The molecule has 2 atom stereocenters. The maximum Gasteiger partial charge on any atom is 0.217 e. The van der Waals surface area contributed by atoms with Crippen LogP contribution in [-0.4, -0.2) is 18.5 Å². The molecule has 2 unspecified atom stereocenters. The van der Waals surface area contributed by atoms with Gasteiger partial charge in [0, 0.05) is 24.5 Å². The first-order valence-electron chi connectivity index (χ1n) is 5.68. The fraction of sp³-hybridized carbons (Fsp3) is 0.385. The number of carbonyl (C=O) groups excluding carboxylic acids is 1. The molecular weight excluding hydrogens is 250 g/mol. The van der Waals surface area contributed by atoms with Crippen LogP contribution in [0.15, 0.2) is 24.3 Å². The van der Waals surface area contributed by atoms with Gasteiger partial charge in [0.15, 0.2) is 0 Å². The number of nitriles is 1. The third-order valence-corrected chi connectivity index (χ3v) is 2.66. The highest BCUT2D eigenvalue weighted by Crippen LogP contribution is 2.15. The van der Waals surface area contributed by atoms with Crippen LogP contribution in [0.25, 0.3) is 0 Å². The largest absolute Gasteiger partial charge is 0.353 e. The van der Waals surface area contributed by atoms with Crippen LogP contribution < -0.4 is 10.6 Å². The first-order chi connectivity index (χ1) is 8.52. The Bertz CT molecular complexity index is 439. The summed E-state index contributed by atoms with van der Waals surface area (Å²) < 4.78 is 0. The van der Waals surface area contributed by atoms with Gasteiger partial charge >= 0.3 is 0 Å². The van der Waals surface area contributed by atoms with Gasteiger partial charge in [-0.2, -0.15) is 5.26 Å². The first kappa shape index (κ1) is 14.5. The Labute approximate surface area is 112 Å². The predicted octanol–water partition coefficient (Wildman–Crippen LogP) is 2.02. The van der Waals surface area contributed by atoms with Gasteiger partial charge in [0.2, 0.25) is 5.91 Å². The maximum absolute atomic E-state index is 10.9. The van der Waals surface area contributed by atoms with Crippen LogP contribution in [0.2, 0.25) is 5.02 Å². The van der Waals surface area contributed by atoms with Crippen molar-refractivity contribution < 1.29 is 4.79 Å². The van der Waals surface area contributed by atoms with Crippen LogP contribution in [0.5, 0.6) is 0 Å². The number of hydrogen-bond donors (Lipinski definition) is 2. The molecule has 0 aliphatic rings. The Balaban J connectivity index is 2.55. The van der Waals surface area contributed by atoms with Crippen LogP contribution in [0.1, 0.15) is 25.5 Å². The summed E-state index contributed by atoms with van der Waals surface area (Å²) in [4.78, 5) is 10.9. The Morgan fingerprint density at radius 3 is 2.56 bits per heavy atom. The number of rotatable bonds is 5. The SMILES string of the molecule is CC(=O)NC(C)CNC(C#N)c1ccc(Cl)cc1. The third-order valence-electron chi connectivity index (χ3n) is 2.41. The molecule has 1 rings (SSSR count). The van der Waals surface area contributed by atoms with E-state index in [-0.39, 0.29) is 11.9 Å². The fourth-order valence-electron chi connectivity index (χ4n) is 1.59. The van der Waals surface area contributed by atoms with Crippen LogP contribution >= 0.6 is 11.6 Å². The molecule has 1 aromatic carbocycles. The van der Waals surface area contributed by atoms with E-state index in [1.807, 2.05) is 19.1 Å². The normalized spacial score (nSPS) is 13.4. The summed E-state index contributed by atoms with van der Waals surface area (Å²) in [6.07, 6.45) is 0. The van der Waals surface area contributed by atoms with E-state index in [9.17, 15) is 4.79 Å². The van der Waals surface area contributed by atoms with E-state index < -0.39 is 6.04 Å². The highest BCUT2D eigenvalue weighted by Gasteiger charge is 2.11. The minimum atomic E-state index is -0.404. The monoisotopic (exact) mass is 265 g/mol. The van der Waals surface area contributed by atoms with E-state index in [1.165, 1.54) is 6.92 Å². The van der Waals surface area contributed by atoms with Gasteiger partial charge in [-0.3, -0.25) is 10.1 Å². The van der Waals surface area contributed by atoms with Gasteiger partial charge in [0.1, 0.15) is 6.04 Å². The van der Waals surface area contributed by atoms with Crippen molar-refractivity contribution >= 4 is 17.5 Å². The van der Waals surface area contributed by atoms with Gasteiger partial charge in [-0.15, -0.1) is 0 Å². The number of carbonyl (C=O) groups is 1. The highest BCUT2D eigenvalue weighted by atomic mass is 35.5. The van der Waals surface area contributed by atoms with Gasteiger partial charge in [0.05, 0.1) is 6.07 Å². The Morgan fingerprint density at radius 2 is 2.06 bits per heavy atom. The van der Waals surface area contributed by atoms with Crippen LogP contribution in [0.3, 0.4) is 0 Å². The standard InChI is InChI=1S/C13H16ClN3O/c1-9(17-10(2)18)8-16-13(7-15)11-3-5-12(14)6-4-11/h3-6,9,13,16H,8H2,1-2H3,(H,17,18). The molecule has 0 aliphatic heterocycles. The van der Waals surface area contributed by atoms with E-state index in [0.29, 0.717) is 11.6 Å². The van der Waals surface area contributed by atoms with Crippen LogP contribution in [-0.2, 0) is 4.79 Å². The lowest BCUT2D eigenvalue weighted by Gasteiger charge is -2.17. The van der Waals surface area contributed by atoms with Gasteiger partial charge < -0.3 is 5.32 Å². The van der Waals surface area contributed by atoms with Crippen molar-refractivity contribution in [3.8, 4) is 6.07 Å². The van der Waals surface area contributed by atoms with Gasteiger partial charge in [-0.05, 0) is 24.6 Å². The summed E-state index contributed by atoms with van der Waals surface area (Å²) in [6, 6.07) is 8.88. The lowest BCUT2D eigenvalue weighted by Crippen LogP contribution is -2.39. The van der Waals surface area contributed by atoms with Crippen molar-refractivity contribution in [2.45, 2.75) is 25.9 Å². The molecular formula is C13H16ClN3O. The zero-order chi connectivity index (χ0) is 13.5. The molecule has 96 valence electrons. The molecule has 0 bridgehead atoms. The molecule has 0 saturated heterocycles. The first-order valence-corrected chi connectivity index (χ1v) is 6.06. The molecule has 5 heteroatoms. The lowest BCUT2D eigenvalue weighted by molar-refractivity contribution is -0.119. The smallest absolute Gasteiger partial charge is 0.217 e. The second-order valence-corrected chi connectivity index (χ2v) is 4.56. The molecule has 0 aliphatic carbocycles. The van der Waals surface area contributed by atoms with Crippen LogP contribution in [0, 0.1) is 11.3 Å². The summed E-state index contributed by atoms with van der Waals surface area (Å²) in [5, 5.41) is 15.6. The highest BCUT2D eigenvalue weighted by molar-refractivity contribution is 6.30. The summed E-state index contributed by atoms with van der Waals surface area (Å²) in [5.41, 5.74) is 0.858. The van der Waals surface area contributed by atoms with Crippen molar-refractivity contribution in [1.82, 2.24) is 10.6 Å². The van der Waals surface area contributed by atoms with Crippen LogP contribution in [0.4, 0.5) is 0 Å². The zero-order valence-corrected chi connectivity index (χ0v) is 11.2. The quantitative estimate of drug-likeness (QED) is 0.856. The third kappa shape index (κ3) is 4.74. The maximum atomic E-state index is 10.9. The molecule has 4 nitrogen and oxygen atoms in total. The number of benzene rings is 1. The molecule has 0 aromatic heterocycles. The molecule has 2 N–H and O–H groups in total. The lowest BCUT2D eigenvalue weighted by atomic mass is 10.1. The summed E-state index contributed by atoms with van der Waals surface area (Å²) in [6.45, 7) is 3.88. The number of nitrogens with one attached hydrogen (secondary N) is 2. The molecule has 0 fully saturated rings. The van der Waals surface area contributed by atoms with E-state index >= 15 is 0 Å². The number of amides is 1. The van der Waals surface area contributed by atoms with Crippen molar-refractivity contribution in [1.29, 1.82) is 5.26 Å². The van der Waals surface area contributed by atoms with E-state index in [1.54, 1.807) is 12.1 Å². The molecule has 1 amide bonds. The van der Waals surface area contributed by atoms with Gasteiger partial charge in [0.25, 0.3) is 0 Å². The van der Waals surface area contributed by atoms with Crippen molar-refractivity contribution in [3.63, 3.8) is 0 Å². The topological polar surface area (TPSA) is 64.9 Å². The molecule has 0 spiro atoms. The van der Waals surface area contributed by atoms with Gasteiger partial charge in [-0.1, -0.05) is 23.7 Å². The predicted molar refractivity (Wildman–Crippen MR) is 71.1 cm³/mol.